The molecular weight excluding hydrogens is 325 g/mol. The minimum absolute atomic E-state index is 0.562. The van der Waals surface area contributed by atoms with E-state index < -0.39 is 0 Å². The Morgan fingerprint density at radius 2 is 1.94 bits per heavy atom. The second-order valence-electron chi connectivity index (χ2n) is 4.59. The van der Waals surface area contributed by atoms with Crippen LogP contribution in [0.5, 0.6) is 0 Å². The number of rotatable bonds is 3. The number of nitrogen functional groups attached to an aromatic ring is 1. The van der Waals surface area contributed by atoms with E-state index in [2.05, 4.69) is 70.9 Å². The van der Waals surface area contributed by atoms with Crippen molar-refractivity contribution in [3.8, 4) is 11.3 Å². The van der Waals surface area contributed by atoms with Gasteiger partial charge in [-0.2, -0.15) is 5.10 Å². The summed E-state index contributed by atoms with van der Waals surface area (Å²) < 4.78 is 0.985. The second-order valence-corrected chi connectivity index (χ2v) is 5.67. The molecule has 0 atom stereocenters. The molecule has 0 saturated carbocycles. The number of nitrogens with zero attached hydrogens (tertiary/aromatic N) is 1. The Morgan fingerprint density at radius 1 is 1.29 bits per heavy atom. The van der Waals surface area contributed by atoms with Gasteiger partial charge in [0.05, 0.1) is 9.26 Å². The first kappa shape index (κ1) is 12.4. The predicted molar refractivity (Wildman–Crippen MR) is 79.7 cm³/mol. The third-order valence-electron chi connectivity index (χ3n) is 2.62. The smallest absolute Gasteiger partial charge is 0.159 e. The molecule has 90 valence electrons. The molecule has 0 amide bonds. The van der Waals surface area contributed by atoms with Crippen molar-refractivity contribution in [3.05, 3.63) is 33.4 Å². The van der Waals surface area contributed by atoms with E-state index in [0.29, 0.717) is 11.7 Å². The number of benzene rings is 1. The number of halogens is 1. The summed E-state index contributed by atoms with van der Waals surface area (Å²) in [6.45, 7) is 4.46. The van der Waals surface area contributed by atoms with E-state index in [1.165, 1.54) is 5.56 Å². The maximum atomic E-state index is 5.72. The molecule has 1 aromatic heterocycles. The molecule has 0 aliphatic heterocycles. The Balaban J connectivity index is 2.26. The summed E-state index contributed by atoms with van der Waals surface area (Å²) in [5, 5.41) is 6.98. The molecule has 3 N–H and O–H groups in total. The standard InChI is InChI=1S/C13H16IN3/c1-8(2)7-9-3-5-10(6-4-9)12-11(14)13(15)17-16-12/h3-6,8H,7H2,1-2H3,(H3,15,16,17). The Morgan fingerprint density at radius 3 is 2.41 bits per heavy atom. The van der Waals surface area contributed by atoms with Crippen molar-refractivity contribution >= 4 is 28.4 Å². The summed E-state index contributed by atoms with van der Waals surface area (Å²) in [7, 11) is 0. The van der Waals surface area contributed by atoms with Crippen LogP contribution in [-0.4, -0.2) is 10.2 Å². The lowest BCUT2D eigenvalue weighted by molar-refractivity contribution is 0.647. The molecule has 0 fully saturated rings. The largest absolute Gasteiger partial charge is 0.381 e. The van der Waals surface area contributed by atoms with Crippen LogP contribution in [0.3, 0.4) is 0 Å². The SMILES string of the molecule is CC(C)Cc1ccc(-c2[nH]nc(N)c2I)cc1. The first-order chi connectivity index (χ1) is 8.08. The third kappa shape index (κ3) is 2.80. The maximum absolute atomic E-state index is 5.72. The van der Waals surface area contributed by atoms with Gasteiger partial charge in [0, 0.05) is 5.56 Å². The topological polar surface area (TPSA) is 54.7 Å². The van der Waals surface area contributed by atoms with Gasteiger partial charge in [-0.05, 0) is 40.5 Å². The fourth-order valence-electron chi connectivity index (χ4n) is 1.81. The van der Waals surface area contributed by atoms with Gasteiger partial charge in [-0.3, -0.25) is 5.10 Å². The van der Waals surface area contributed by atoms with E-state index in [-0.39, 0.29) is 0 Å². The summed E-state index contributed by atoms with van der Waals surface area (Å²) >= 11 is 2.21. The molecule has 4 heteroatoms. The van der Waals surface area contributed by atoms with Gasteiger partial charge in [-0.1, -0.05) is 38.1 Å². The van der Waals surface area contributed by atoms with Gasteiger partial charge in [0.15, 0.2) is 5.82 Å². The molecule has 0 saturated heterocycles. The number of aromatic nitrogens is 2. The number of H-pyrrole nitrogens is 1. The van der Waals surface area contributed by atoms with Gasteiger partial charge in [0.1, 0.15) is 0 Å². The minimum atomic E-state index is 0.562. The minimum Gasteiger partial charge on any atom is -0.381 e. The van der Waals surface area contributed by atoms with Gasteiger partial charge in [0.2, 0.25) is 0 Å². The van der Waals surface area contributed by atoms with Gasteiger partial charge in [0.25, 0.3) is 0 Å². The van der Waals surface area contributed by atoms with Gasteiger partial charge < -0.3 is 5.73 Å². The molecule has 1 aromatic carbocycles. The van der Waals surface area contributed by atoms with Crippen LogP contribution in [0.15, 0.2) is 24.3 Å². The van der Waals surface area contributed by atoms with Crippen molar-refractivity contribution in [2.75, 3.05) is 5.73 Å². The fourth-order valence-corrected chi connectivity index (χ4v) is 2.37. The molecule has 2 aromatic rings. The number of anilines is 1. The zero-order chi connectivity index (χ0) is 12.4. The zero-order valence-electron chi connectivity index (χ0n) is 10.00. The van der Waals surface area contributed by atoms with Crippen molar-refractivity contribution in [2.45, 2.75) is 20.3 Å². The first-order valence-corrected chi connectivity index (χ1v) is 6.74. The van der Waals surface area contributed by atoms with Crippen molar-refractivity contribution in [1.29, 1.82) is 0 Å². The number of aromatic amines is 1. The quantitative estimate of drug-likeness (QED) is 0.840. The normalized spacial score (nSPS) is 11.1. The number of hydrogen-bond acceptors (Lipinski definition) is 2. The highest BCUT2D eigenvalue weighted by atomic mass is 127. The Labute approximate surface area is 115 Å². The highest BCUT2D eigenvalue weighted by Gasteiger charge is 2.09. The molecule has 0 aliphatic rings. The van der Waals surface area contributed by atoms with Crippen LogP contribution in [0, 0.1) is 9.49 Å². The fraction of sp³-hybridized carbons (Fsp3) is 0.308. The molecule has 0 bridgehead atoms. The first-order valence-electron chi connectivity index (χ1n) is 5.66. The molecule has 2 rings (SSSR count). The van der Waals surface area contributed by atoms with E-state index in [1.807, 2.05) is 0 Å². The summed E-state index contributed by atoms with van der Waals surface area (Å²) in [4.78, 5) is 0. The summed E-state index contributed by atoms with van der Waals surface area (Å²) in [5.41, 5.74) is 9.22. The Kier molecular flexibility index (Phi) is 3.71. The van der Waals surface area contributed by atoms with Crippen LogP contribution < -0.4 is 5.73 Å². The van der Waals surface area contributed by atoms with Crippen molar-refractivity contribution < 1.29 is 0 Å². The van der Waals surface area contributed by atoms with Gasteiger partial charge in [-0.15, -0.1) is 0 Å². The van der Waals surface area contributed by atoms with Crippen molar-refractivity contribution in [3.63, 3.8) is 0 Å². The van der Waals surface area contributed by atoms with Gasteiger partial charge in [-0.25, -0.2) is 0 Å². The van der Waals surface area contributed by atoms with E-state index in [1.54, 1.807) is 0 Å². The van der Waals surface area contributed by atoms with Crippen LogP contribution in [0.2, 0.25) is 0 Å². The van der Waals surface area contributed by atoms with Gasteiger partial charge >= 0.3 is 0 Å². The summed E-state index contributed by atoms with van der Waals surface area (Å²) in [5.74, 6) is 1.25. The van der Waals surface area contributed by atoms with Crippen molar-refractivity contribution in [1.82, 2.24) is 10.2 Å². The molecule has 0 unspecified atom stereocenters. The Bertz CT molecular complexity index is 500. The lowest BCUT2D eigenvalue weighted by Crippen LogP contribution is -1.93. The van der Waals surface area contributed by atoms with E-state index >= 15 is 0 Å². The number of nitrogens with two attached hydrogens (primary N) is 1. The molecule has 0 radical (unpaired) electrons. The monoisotopic (exact) mass is 341 g/mol. The van der Waals surface area contributed by atoms with Crippen LogP contribution in [-0.2, 0) is 6.42 Å². The summed E-state index contributed by atoms with van der Waals surface area (Å²) in [6.07, 6.45) is 1.11. The second kappa shape index (κ2) is 5.08. The zero-order valence-corrected chi connectivity index (χ0v) is 12.2. The lowest BCUT2D eigenvalue weighted by Gasteiger charge is -2.05. The predicted octanol–water partition coefficient (Wildman–Crippen LogP) is 3.46. The molecule has 17 heavy (non-hydrogen) atoms. The van der Waals surface area contributed by atoms with Crippen LogP contribution in [0.4, 0.5) is 5.82 Å². The maximum Gasteiger partial charge on any atom is 0.159 e. The van der Waals surface area contributed by atoms with Crippen LogP contribution in [0.1, 0.15) is 19.4 Å². The van der Waals surface area contributed by atoms with Crippen LogP contribution >= 0.6 is 22.6 Å². The number of nitrogens with one attached hydrogen (secondary N) is 1. The molecule has 0 aliphatic carbocycles. The lowest BCUT2D eigenvalue weighted by atomic mass is 10.0. The highest BCUT2D eigenvalue weighted by molar-refractivity contribution is 14.1. The highest BCUT2D eigenvalue weighted by Crippen LogP contribution is 2.26. The Hall–Kier alpha value is -1.04. The molecular formula is C13H16IN3. The molecule has 3 nitrogen and oxygen atoms in total. The third-order valence-corrected chi connectivity index (χ3v) is 3.71. The molecule has 0 spiro atoms. The van der Waals surface area contributed by atoms with Crippen LogP contribution in [0.25, 0.3) is 11.3 Å². The number of hydrogen-bond donors (Lipinski definition) is 2. The average molecular weight is 341 g/mol. The van der Waals surface area contributed by atoms with E-state index in [4.69, 9.17) is 5.73 Å². The molecule has 1 heterocycles. The van der Waals surface area contributed by atoms with Crippen molar-refractivity contribution in [2.24, 2.45) is 5.92 Å². The van der Waals surface area contributed by atoms with E-state index in [0.717, 1.165) is 21.2 Å². The average Bonchev–Trinajstić information content (AvgIpc) is 2.60. The summed E-state index contributed by atoms with van der Waals surface area (Å²) in [6, 6.07) is 8.57. The van der Waals surface area contributed by atoms with E-state index in [9.17, 15) is 0 Å².